The Kier molecular flexibility index (Phi) is 12.1. The summed E-state index contributed by atoms with van der Waals surface area (Å²) < 4.78 is 5.18. The lowest BCUT2D eigenvalue weighted by Crippen LogP contribution is -2.26. The van der Waals surface area contributed by atoms with Crippen molar-refractivity contribution in [3.8, 4) is 0 Å². The van der Waals surface area contributed by atoms with Crippen molar-refractivity contribution in [2.75, 3.05) is 37.7 Å². The predicted molar refractivity (Wildman–Crippen MR) is 75.6 cm³/mol. The molecule has 0 amide bonds. The van der Waals surface area contributed by atoms with E-state index >= 15 is 0 Å². The van der Waals surface area contributed by atoms with Gasteiger partial charge in [-0.2, -0.15) is 11.8 Å². The van der Waals surface area contributed by atoms with Gasteiger partial charge in [-0.25, -0.2) is 0 Å². The molecular weight excluding hydrogens is 234 g/mol. The van der Waals surface area contributed by atoms with Crippen LogP contribution in [0.3, 0.4) is 0 Å². The first kappa shape index (κ1) is 16.8. The summed E-state index contributed by atoms with van der Waals surface area (Å²) in [4.78, 5) is 13.6. The van der Waals surface area contributed by atoms with Crippen molar-refractivity contribution < 1.29 is 9.53 Å². The first-order chi connectivity index (χ1) is 8.24. The molecule has 0 radical (unpaired) electrons. The van der Waals surface area contributed by atoms with Gasteiger partial charge in [0.1, 0.15) is 6.61 Å². The highest BCUT2D eigenvalue weighted by Crippen LogP contribution is 2.04. The third kappa shape index (κ3) is 10.6. The van der Waals surface area contributed by atoms with E-state index in [1.165, 1.54) is 18.6 Å². The largest absolute Gasteiger partial charge is 0.465 e. The quantitative estimate of drug-likeness (QED) is 0.422. The van der Waals surface area contributed by atoms with Crippen molar-refractivity contribution >= 4 is 17.7 Å². The van der Waals surface area contributed by atoms with E-state index in [0.29, 0.717) is 13.0 Å². The minimum atomic E-state index is -0.0620. The Morgan fingerprint density at radius 2 is 1.88 bits per heavy atom. The zero-order valence-electron chi connectivity index (χ0n) is 11.5. The second kappa shape index (κ2) is 12.2. The van der Waals surface area contributed by atoms with Crippen molar-refractivity contribution in [3.63, 3.8) is 0 Å². The lowest BCUT2D eigenvalue weighted by Gasteiger charge is -2.16. The number of thioether (sulfide) groups is 1. The third-order valence-corrected chi connectivity index (χ3v) is 3.69. The van der Waals surface area contributed by atoms with Crippen LogP contribution in [0.2, 0.25) is 0 Å². The van der Waals surface area contributed by atoms with Gasteiger partial charge < -0.3 is 9.64 Å². The lowest BCUT2D eigenvalue weighted by molar-refractivity contribution is -0.143. The molecule has 0 saturated heterocycles. The molecular formula is C13H27NO2S. The van der Waals surface area contributed by atoms with Crippen LogP contribution in [0.4, 0.5) is 0 Å². The fraction of sp³-hybridized carbons (Fsp3) is 0.923. The summed E-state index contributed by atoms with van der Waals surface area (Å²) in [5.41, 5.74) is 0. The standard InChI is InChI=1S/C13H27NO2S/c1-4-7-11-17-12-10-16-13(15)8-9-14(5-2)6-3/h4-12H2,1-3H3. The number of carbonyl (C=O) groups excluding carboxylic acids is 1. The summed E-state index contributed by atoms with van der Waals surface area (Å²) in [6.07, 6.45) is 3.00. The molecule has 0 N–H and O–H groups in total. The normalized spacial score (nSPS) is 10.8. The molecule has 0 unspecified atom stereocenters. The number of unbranched alkanes of at least 4 members (excludes halogenated alkanes) is 1. The molecule has 0 aromatic carbocycles. The van der Waals surface area contributed by atoms with E-state index in [4.69, 9.17) is 4.74 Å². The second-order valence-corrected chi connectivity index (χ2v) is 5.19. The highest BCUT2D eigenvalue weighted by Gasteiger charge is 2.05. The highest BCUT2D eigenvalue weighted by atomic mass is 32.2. The van der Waals surface area contributed by atoms with Crippen LogP contribution in [-0.2, 0) is 9.53 Å². The molecule has 0 atom stereocenters. The molecule has 3 nitrogen and oxygen atoms in total. The molecule has 0 saturated carbocycles. The number of esters is 1. The maximum atomic E-state index is 11.4. The van der Waals surface area contributed by atoms with Gasteiger partial charge in [0.15, 0.2) is 0 Å². The molecule has 4 heteroatoms. The van der Waals surface area contributed by atoms with E-state index in [1.54, 1.807) is 0 Å². The Labute approximate surface area is 110 Å². The van der Waals surface area contributed by atoms with E-state index in [0.717, 1.165) is 25.4 Å². The van der Waals surface area contributed by atoms with Gasteiger partial charge in [-0.15, -0.1) is 0 Å². The van der Waals surface area contributed by atoms with Gasteiger partial charge in [0, 0.05) is 12.3 Å². The molecule has 102 valence electrons. The van der Waals surface area contributed by atoms with Crippen molar-refractivity contribution in [1.29, 1.82) is 0 Å². The summed E-state index contributed by atoms with van der Waals surface area (Å²) in [5, 5.41) is 0. The summed E-state index contributed by atoms with van der Waals surface area (Å²) in [5.74, 6) is 2.04. The second-order valence-electron chi connectivity index (χ2n) is 3.96. The SMILES string of the molecule is CCCCSCCOC(=O)CCN(CC)CC. The number of nitrogens with zero attached hydrogens (tertiary/aromatic N) is 1. The van der Waals surface area contributed by atoms with E-state index in [-0.39, 0.29) is 5.97 Å². The molecule has 0 aliphatic heterocycles. The van der Waals surface area contributed by atoms with Gasteiger partial charge in [-0.1, -0.05) is 27.2 Å². The Balaban J connectivity index is 3.34. The molecule has 17 heavy (non-hydrogen) atoms. The number of hydrogen-bond acceptors (Lipinski definition) is 4. The molecule has 0 spiro atoms. The maximum absolute atomic E-state index is 11.4. The Morgan fingerprint density at radius 1 is 1.18 bits per heavy atom. The average Bonchev–Trinajstić information content (AvgIpc) is 2.35. The van der Waals surface area contributed by atoms with E-state index in [9.17, 15) is 4.79 Å². The smallest absolute Gasteiger partial charge is 0.307 e. The first-order valence-electron chi connectivity index (χ1n) is 6.70. The van der Waals surface area contributed by atoms with Crippen LogP contribution < -0.4 is 0 Å². The van der Waals surface area contributed by atoms with Crippen LogP contribution in [0.25, 0.3) is 0 Å². The van der Waals surface area contributed by atoms with Gasteiger partial charge >= 0.3 is 5.97 Å². The lowest BCUT2D eigenvalue weighted by atomic mass is 10.4. The molecule has 0 aliphatic rings. The van der Waals surface area contributed by atoms with Crippen molar-refractivity contribution in [1.82, 2.24) is 4.90 Å². The molecule has 0 bridgehead atoms. The highest BCUT2D eigenvalue weighted by molar-refractivity contribution is 7.99. The number of rotatable bonds is 11. The Bertz CT molecular complexity index is 184. The van der Waals surface area contributed by atoms with Gasteiger partial charge in [0.2, 0.25) is 0 Å². The molecule has 0 heterocycles. The Hall–Kier alpha value is -0.220. The zero-order chi connectivity index (χ0) is 12.9. The van der Waals surface area contributed by atoms with Crippen LogP contribution in [0.1, 0.15) is 40.0 Å². The third-order valence-electron chi connectivity index (χ3n) is 2.66. The van der Waals surface area contributed by atoms with Crippen LogP contribution in [0.5, 0.6) is 0 Å². The topological polar surface area (TPSA) is 29.5 Å². The fourth-order valence-corrected chi connectivity index (χ4v) is 2.32. The van der Waals surface area contributed by atoms with Gasteiger partial charge in [0.25, 0.3) is 0 Å². The van der Waals surface area contributed by atoms with Crippen LogP contribution in [-0.4, -0.2) is 48.6 Å². The predicted octanol–water partition coefficient (Wildman–Crippen LogP) is 2.79. The molecule has 0 fully saturated rings. The average molecular weight is 261 g/mol. The zero-order valence-corrected chi connectivity index (χ0v) is 12.4. The molecule has 0 rings (SSSR count). The molecule has 0 aromatic rings. The molecule has 0 aliphatic carbocycles. The minimum Gasteiger partial charge on any atom is -0.465 e. The Morgan fingerprint density at radius 3 is 2.47 bits per heavy atom. The summed E-state index contributed by atoms with van der Waals surface area (Å²) in [7, 11) is 0. The first-order valence-corrected chi connectivity index (χ1v) is 7.85. The van der Waals surface area contributed by atoms with E-state index < -0.39 is 0 Å². The maximum Gasteiger partial charge on any atom is 0.307 e. The van der Waals surface area contributed by atoms with Crippen LogP contribution >= 0.6 is 11.8 Å². The van der Waals surface area contributed by atoms with Crippen molar-refractivity contribution in [2.24, 2.45) is 0 Å². The van der Waals surface area contributed by atoms with Crippen molar-refractivity contribution in [2.45, 2.75) is 40.0 Å². The van der Waals surface area contributed by atoms with E-state index in [1.807, 2.05) is 11.8 Å². The summed E-state index contributed by atoms with van der Waals surface area (Å²) in [6.45, 7) is 9.78. The van der Waals surface area contributed by atoms with Gasteiger partial charge in [-0.05, 0) is 25.3 Å². The van der Waals surface area contributed by atoms with Crippen molar-refractivity contribution in [3.05, 3.63) is 0 Å². The number of ether oxygens (including phenoxy) is 1. The monoisotopic (exact) mass is 261 g/mol. The van der Waals surface area contributed by atoms with Crippen LogP contribution in [0.15, 0.2) is 0 Å². The van der Waals surface area contributed by atoms with Crippen LogP contribution in [0, 0.1) is 0 Å². The fourth-order valence-electron chi connectivity index (χ4n) is 1.42. The number of carbonyl (C=O) groups is 1. The summed E-state index contributed by atoms with van der Waals surface area (Å²) in [6, 6.07) is 0. The van der Waals surface area contributed by atoms with E-state index in [2.05, 4.69) is 25.7 Å². The van der Waals surface area contributed by atoms with Gasteiger partial charge in [-0.3, -0.25) is 4.79 Å². The minimum absolute atomic E-state index is 0.0620. The van der Waals surface area contributed by atoms with Gasteiger partial charge in [0.05, 0.1) is 6.42 Å². The number of hydrogen-bond donors (Lipinski definition) is 0. The molecule has 0 aromatic heterocycles. The summed E-state index contributed by atoms with van der Waals surface area (Å²) >= 11 is 1.87.